The number of rotatable bonds is 6. The smallest absolute Gasteiger partial charge is 0.166 e. The highest BCUT2D eigenvalue weighted by atomic mass is 16.3. The summed E-state index contributed by atoms with van der Waals surface area (Å²) in [6.07, 6.45) is 12.1. The van der Waals surface area contributed by atoms with Gasteiger partial charge in [0.25, 0.3) is 0 Å². The van der Waals surface area contributed by atoms with E-state index in [1.807, 2.05) is 45.2 Å². The van der Waals surface area contributed by atoms with Crippen LogP contribution in [0.15, 0.2) is 126 Å². The van der Waals surface area contributed by atoms with Crippen molar-refractivity contribution in [3.05, 3.63) is 148 Å². The van der Waals surface area contributed by atoms with E-state index in [-0.39, 0.29) is 11.9 Å². The standard InChI is InChI=1S/C41H41N3O2/c1-8-32-33-16-13-17-34(38(33)45)39(46)37(32)36(29-20-18-28(19-21-29)31-22-24(3)26(5)42-23-31)35-25(4)41(7,9-2)44-40(43-27(35)6)30-14-11-10-12-15-30/h2,8,10-12,14-16,18-23,34,36,38,40,43-45H,1,4,13,17H2,3,5-7H3. The molecule has 0 spiro atoms. The van der Waals surface area contributed by atoms with Gasteiger partial charge in [0.05, 0.1) is 12.0 Å². The van der Waals surface area contributed by atoms with Crippen molar-refractivity contribution in [2.45, 2.75) is 64.3 Å². The van der Waals surface area contributed by atoms with Crippen molar-refractivity contribution in [3.63, 3.8) is 0 Å². The topological polar surface area (TPSA) is 74.2 Å². The SMILES string of the molecule is C#CC1(C)NC(c2ccccc2)NC(C)=C(C(C2=C(C=C)C3=CCCC(C2=O)C3O)c2ccc(-c3cnc(C)c(C)c3)cc2)C1=C. The molecule has 5 unspecified atom stereocenters. The second kappa shape index (κ2) is 12.2. The van der Waals surface area contributed by atoms with Crippen molar-refractivity contribution >= 4 is 5.78 Å². The fraction of sp³-hybridized carbons (Fsp3) is 0.268. The van der Waals surface area contributed by atoms with E-state index in [1.54, 1.807) is 6.08 Å². The van der Waals surface area contributed by atoms with Crippen LogP contribution < -0.4 is 10.6 Å². The van der Waals surface area contributed by atoms with E-state index < -0.39 is 23.5 Å². The number of carbonyl (C=O) groups is 1. The maximum Gasteiger partial charge on any atom is 0.166 e. The number of hydrogen-bond acceptors (Lipinski definition) is 5. The average molecular weight is 608 g/mol. The number of terminal acetylenes is 1. The first-order valence-corrected chi connectivity index (χ1v) is 15.9. The summed E-state index contributed by atoms with van der Waals surface area (Å²) < 4.78 is 0. The average Bonchev–Trinajstić information content (AvgIpc) is 3.16. The fourth-order valence-electron chi connectivity index (χ4n) is 7.15. The molecular formula is C41H41N3O2. The third-order valence-corrected chi connectivity index (χ3v) is 9.99. The molecular weight excluding hydrogens is 566 g/mol. The molecule has 0 saturated carbocycles. The first kappa shape index (κ1) is 31.2. The van der Waals surface area contributed by atoms with Gasteiger partial charge in [-0.15, -0.1) is 6.42 Å². The first-order valence-electron chi connectivity index (χ1n) is 15.9. The van der Waals surface area contributed by atoms with Crippen LogP contribution in [-0.4, -0.2) is 27.5 Å². The number of nitrogens with one attached hydrogen (secondary N) is 2. The molecule has 3 aliphatic rings. The molecule has 0 radical (unpaired) electrons. The van der Waals surface area contributed by atoms with E-state index >= 15 is 0 Å². The van der Waals surface area contributed by atoms with E-state index in [2.05, 4.69) is 90.2 Å². The number of benzene rings is 2. The first-order chi connectivity index (χ1) is 22.1. The summed E-state index contributed by atoms with van der Waals surface area (Å²) >= 11 is 0. The van der Waals surface area contributed by atoms with Crippen LogP contribution in [-0.2, 0) is 4.79 Å². The van der Waals surface area contributed by atoms with Crippen LogP contribution in [0.25, 0.3) is 11.1 Å². The molecule has 3 aromatic rings. The molecule has 46 heavy (non-hydrogen) atoms. The Bertz CT molecular complexity index is 1870. The number of ketones is 1. The van der Waals surface area contributed by atoms with Gasteiger partial charge < -0.3 is 10.4 Å². The van der Waals surface area contributed by atoms with Gasteiger partial charge in [-0.2, -0.15) is 0 Å². The van der Waals surface area contributed by atoms with Crippen LogP contribution in [0.2, 0.25) is 0 Å². The number of pyridine rings is 1. The summed E-state index contributed by atoms with van der Waals surface area (Å²) in [5.74, 6) is 1.90. The Kier molecular flexibility index (Phi) is 8.29. The lowest BCUT2D eigenvalue weighted by atomic mass is 9.65. The van der Waals surface area contributed by atoms with Gasteiger partial charge in [-0.25, -0.2) is 0 Å². The maximum atomic E-state index is 14.5. The molecule has 6 rings (SSSR count). The summed E-state index contributed by atoms with van der Waals surface area (Å²) in [6.45, 7) is 16.8. The van der Waals surface area contributed by atoms with Crippen molar-refractivity contribution in [3.8, 4) is 23.5 Å². The number of Topliss-reactive ketones (excluding diaryl/α,β-unsaturated/α-hetero) is 1. The molecule has 232 valence electrons. The van der Waals surface area contributed by atoms with Crippen LogP contribution in [0.4, 0.5) is 0 Å². The molecule has 0 fully saturated rings. The number of nitrogens with zero attached hydrogens (tertiary/aromatic N) is 1. The number of hydrogen-bond donors (Lipinski definition) is 3. The minimum atomic E-state index is -0.939. The molecule has 1 aromatic heterocycles. The molecule has 0 amide bonds. The molecule has 0 saturated heterocycles. The van der Waals surface area contributed by atoms with E-state index in [0.29, 0.717) is 23.1 Å². The Morgan fingerprint density at radius 1 is 1.09 bits per heavy atom. The Balaban J connectivity index is 1.58. The Morgan fingerprint density at radius 2 is 1.80 bits per heavy atom. The number of fused-ring (bicyclic) bond motifs is 2. The molecule has 2 heterocycles. The predicted octanol–water partition coefficient (Wildman–Crippen LogP) is 7.33. The van der Waals surface area contributed by atoms with Gasteiger partial charge in [0, 0.05) is 34.6 Å². The highest BCUT2D eigenvalue weighted by Gasteiger charge is 2.46. The number of aliphatic hydroxyl groups is 1. The van der Waals surface area contributed by atoms with Crippen molar-refractivity contribution in [2.75, 3.05) is 0 Å². The zero-order valence-electron chi connectivity index (χ0n) is 27.0. The predicted molar refractivity (Wildman–Crippen MR) is 185 cm³/mol. The lowest BCUT2D eigenvalue weighted by molar-refractivity contribution is -0.123. The molecule has 5 atom stereocenters. The number of aliphatic hydroxyl groups excluding tert-OH is 1. The van der Waals surface area contributed by atoms with E-state index in [4.69, 9.17) is 6.42 Å². The second-order valence-electron chi connectivity index (χ2n) is 12.8. The summed E-state index contributed by atoms with van der Waals surface area (Å²) in [4.78, 5) is 19.1. The van der Waals surface area contributed by atoms with Crippen molar-refractivity contribution in [1.82, 2.24) is 15.6 Å². The molecule has 2 aromatic carbocycles. The van der Waals surface area contributed by atoms with Gasteiger partial charge in [0.2, 0.25) is 0 Å². The lowest BCUT2D eigenvalue weighted by Gasteiger charge is -2.39. The van der Waals surface area contributed by atoms with Gasteiger partial charge in [-0.05, 0) is 91.1 Å². The minimum absolute atomic E-state index is 0.0565. The van der Waals surface area contributed by atoms with Crippen LogP contribution >= 0.6 is 0 Å². The molecule has 5 nitrogen and oxygen atoms in total. The normalized spacial score (nSPS) is 25.3. The van der Waals surface area contributed by atoms with Crippen molar-refractivity contribution in [1.29, 1.82) is 0 Å². The Morgan fingerprint density at radius 3 is 2.46 bits per heavy atom. The minimum Gasteiger partial charge on any atom is -0.388 e. The zero-order chi connectivity index (χ0) is 32.7. The largest absolute Gasteiger partial charge is 0.388 e. The van der Waals surface area contributed by atoms with Crippen molar-refractivity contribution < 1.29 is 9.90 Å². The monoisotopic (exact) mass is 607 g/mol. The van der Waals surface area contributed by atoms with Crippen LogP contribution in [0.5, 0.6) is 0 Å². The van der Waals surface area contributed by atoms with E-state index in [0.717, 1.165) is 56.8 Å². The molecule has 3 N–H and O–H groups in total. The second-order valence-corrected chi connectivity index (χ2v) is 12.8. The van der Waals surface area contributed by atoms with E-state index in [9.17, 15) is 9.90 Å². The number of carbonyl (C=O) groups excluding carboxylic acids is 1. The highest BCUT2D eigenvalue weighted by molar-refractivity contribution is 6.04. The van der Waals surface area contributed by atoms with Crippen LogP contribution in [0, 0.1) is 32.1 Å². The summed E-state index contributed by atoms with van der Waals surface area (Å²) in [7, 11) is 0. The molecule has 5 heteroatoms. The summed E-state index contributed by atoms with van der Waals surface area (Å²) in [5, 5.41) is 18.5. The summed E-state index contributed by atoms with van der Waals surface area (Å²) in [6, 6.07) is 20.6. The summed E-state index contributed by atoms with van der Waals surface area (Å²) in [5.41, 5.74) is 9.71. The van der Waals surface area contributed by atoms with Gasteiger partial charge in [0.1, 0.15) is 11.7 Å². The molecule has 2 bridgehead atoms. The third-order valence-electron chi connectivity index (χ3n) is 9.99. The van der Waals surface area contributed by atoms with Gasteiger partial charge in [-0.1, -0.05) is 85.8 Å². The number of aryl methyl sites for hydroxylation is 2. The van der Waals surface area contributed by atoms with Gasteiger partial charge in [-0.3, -0.25) is 15.1 Å². The highest BCUT2D eigenvalue weighted by Crippen LogP contribution is 2.49. The zero-order valence-corrected chi connectivity index (χ0v) is 27.0. The Hall–Kier alpha value is -4.76. The number of allylic oxidation sites excluding steroid dienone is 4. The quantitative estimate of drug-likeness (QED) is 0.256. The fourth-order valence-corrected chi connectivity index (χ4v) is 7.15. The van der Waals surface area contributed by atoms with E-state index in [1.165, 1.54) is 0 Å². The number of aromatic nitrogens is 1. The van der Waals surface area contributed by atoms with Crippen LogP contribution in [0.3, 0.4) is 0 Å². The van der Waals surface area contributed by atoms with Crippen LogP contribution in [0.1, 0.15) is 61.2 Å². The van der Waals surface area contributed by atoms with Gasteiger partial charge in [0.15, 0.2) is 5.78 Å². The Labute approximate surface area is 272 Å². The molecule has 1 aliphatic heterocycles. The third kappa shape index (κ3) is 5.28. The van der Waals surface area contributed by atoms with Gasteiger partial charge >= 0.3 is 0 Å². The lowest BCUT2D eigenvalue weighted by Crippen LogP contribution is -2.47. The molecule has 2 aliphatic carbocycles. The van der Waals surface area contributed by atoms with Crippen molar-refractivity contribution in [2.24, 2.45) is 5.92 Å². The maximum absolute atomic E-state index is 14.5.